The lowest BCUT2D eigenvalue weighted by Crippen LogP contribution is -2.49. The fourth-order valence-electron chi connectivity index (χ4n) is 4.55. The second kappa shape index (κ2) is 13.2. The van der Waals surface area contributed by atoms with Crippen molar-refractivity contribution in [2.75, 3.05) is 30.9 Å². The Balaban J connectivity index is 1.54. The second-order valence-electron chi connectivity index (χ2n) is 9.44. The Morgan fingerprint density at radius 2 is 1.68 bits per heavy atom. The maximum Gasteiger partial charge on any atom is 0.242 e. The van der Waals surface area contributed by atoms with E-state index < -0.39 is 16.1 Å². The average molecular weight is 631 g/mol. The van der Waals surface area contributed by atoms with Crippen LogP contribution < -0.4 is 19.1 Å². The lowest BCUT2D eigenvalue weighted by Gasteiger charge is -2.31. The summed E-state index contributed by atoms with van der Waals surface area (Å²) < 4.78 is 38.2. The third kappa shape index (κ3) is 7.54. The minimum absolute atomic E-state index is 0.0510. The first-order valence-corrected chi connectivity index (χ1v) is 15.5. The number of carbonyl (C=O) groups excluding carboxylic acids is 2. The van der Waals surface area contributed by atoms with E-state index in [4.69, 9.17) is 9.47 Å². The van der Waals surface area contributed by atoms with Gasteiger partial charge in [-0.15, -0.1) is 0 Å². The van der Waals surface area contributed by atoms with E-state index >= 15 is 0 Å². The summed E-state index contributed by atoms with van der Waals surface area (Å²) in [6, 6.07) is 21.3. The Kier molecular flexibility index (Phi) is 9.70. The number of rotatable bonds is 12. The number of amides is 2. The molecule has 0 fully saturated rings. The van der Waals surface area contributed by atoms with Gasteiger partial charge in [0.1, 0.15) is 6.04 Å². The molecule has 1 N–H and O–H groups in total. The van der Waals surface area contributed by atoms with Crippen molar-refractivity contribution in [1.29, 1.82) is 0 Å². The van der Waals surface area contributed by atoms with Crippen LogP contribution in [0.3, 0.4) is 0 Å². The Hall–Kier alpha value is -3.57. The summed E-state index contributed by atoms with van der Waals surface area (Å²) in [7, 11) is -2.08. The zero-order chi connectivity index (χ0) is 28.7. The van der Waals surface area contributed by atoms with E-state index in [9.17, 15) is 18.0 Å². The Morgan fingerprint density at radius 3 is 2.35 bits per heavy atom. The molecule has 0 aliphatic carbocycles. The van der Waals surface area contributed by atoms with Crippen LogP contribution in [0.5, 0.6) is 11.5 Å². The van der Waals surface area contributed by atoms with Gasteiger partial charge in [0.2, 0.25) is 28.6 Å². The molecule has 0 bridgehead atoms. The topological polar surface area (TPSA) is 105 Å². The van der Waals surface area contributed by atoms with Crippen molar-refractivity contribution in [2.45, 2.75) is 31.8 Å². The molecule has 0 radical (unpaired) electrons. The van der Waals surface area contributed by atoms with Crippen LogP contribution in [0.15, 0.2) is 77.3 Å². The van der Waals surface area contributed by atoms with Crippen molar-refractivity contribution in [3.8, 4) is 11.5 Å². The molecule has 3 aromatic carbocycles. The summed E-state index contributed by atoms with van der Waals surface area (Å²) in [6.07, 6.45) is 1.77. The largest absolute Gasteiger partial charge is 0.454 e. The number of ether oxygens (including phenoxy) is 2. The number of carbonyl (C=O) groups is 2. The fraction of sp³-hybridized carbons (Fsp3) is 0.310. The highest BCUT2D eigenvalue weighted by atomic mass is 79.9. The molecule has 212 valence electrons. The predicted octanol–water partition coefficient (Wildman–Crippen LogP) is 4.11. The minimum Gasteiger partial charge on any atom is -0.454 e. The number of halogens is 1. The summed E-state index contributed by atoms with van der Waals surface area (Å²) in [4.78, 5) is 28.4. The molecule has 11 heteroatoms. The first kappa shape index (κ1) is 29.4. The van der Waals surface area contributed by atoms with E-state index in [0.717, 1.165) is 21.9 Å². The highest BCUT2D eigenvalue weighted by Gasteiger charge is 2.30. The van der Waals surface area contributed by atoms with E-state index in [1.54, 1.807) is 30.1 Å². The van der Waals surface area contributed by atoms with Gasteiger partial charge in [0.25, 0.3) is 0 Å². The Morgan fingerprint density at radius 1 is 0.975 bits per heavy atom. The van der Waals surface area contributed by atoms with Crippen LogP contribution in [-0.4, -0.2) is 57.8 Å². The van der Waals surface area contributed by atoms with Gasteiger partial charge in [0.05, 0.1) is 11.9 Å². The SMILES string of the molecule is CNC(=O)C(Cc1ccccc1)N(Cc1ccc(Br)cc1)C(=O)CCCN(c1ccc2c(c1)OCO2)S(C)(=O)=O. The Bertz CT molecular complexity index is 1430. The maximum atomic E-state index is 13.7. The molecule has 0 spiro atoms. The zero-order valence-corrected chi connectivity index (χ0v) is 24.8. The summed E-state index contributed by atoms with van der Waals surface area (Å²) in [5, 5.41) is 2.70. The third-order valence-corrected chi connectivity index (χ3v) is 8.30. The normalized spacial score (nSPS) is 13.0. The fourth-order valence-corrected chi connectivity index (χ4v) is 5.77. The number of sulfonamides is 1. The summed E-state index contributed by atoms with van der Waals surface area (Å²) >= 11 is 3.43. The lowest BCUT2D eigenvalue weighted by atomic mass is 10.0. The van der Waals surface area contributed by atoms with Crippen LogP contribution in [-0.2, 0) is 32.6 Å². The van der Waals surface area contributed by atoms with Gasteiger partial charge in [0.15, 0.2) is 11.5 Å². The molecular weight excluding hydrogens is 598 g/mol. The third-order valence-electron chi connectivity index (χ3n) is 6.58. The number of hydrogen-bond donors (Lipinski definition) is 1. The molecular formula is C29H32BrN3O6S. The summed E-state index contributed by atoms with van der Waals surface area (Å²) in [5.74, 6) is 0.505. The molecule has 1 heterocycles. The van der Waals surface area contributed by atoms with Gasteiger partial charge in [-0.2, -0.15) is 0 Å². The number of likely N-dealkylation sites (N-methyl/N-ethyl adjacent to an activating group) is 1. The molecule has 1 aliphatic rings. The van der Waals surface area contributed by atoms with Crippen molar-refractivity contribution >= 4 is 43.5 Å². The highest BCUT2D eigenvalue weighted by Crippen LogP contribution is 2.36. The highest BCUT2D eigenvalue weighted by molar-refractivity contribution is 9.10. The van der Waals surface area contributed by atoms with Gasteiger partial charge in [-0.05, 0) is 41.8 Å². The number of hydrogen-bond acceptors (Lipinski definition) is 6. The molecule has 40 heavy (non-hydrogen) atoms. The molecule has 0 saturated carbocycles. The van der Waals surface area contributed by atoms with Gasteiger partial charge < -0.3 is 19.7 Å². The van der Waals surface area contributed by atoms with E-state index in [1.807, 2.05) is 54.6 Å². The van der Waals surface area contributed by atoms with Crippen molar-refractivity contribution in [3.63, 3.8) is 0 Å². The van der Waals surface area contributed by atoms with Crippen LogP contribution in [0.4, 0.5) is 5.69 Å². The summed E-state index contributed by atoms with van der Waals surface area (Å²) in [5.41, 5.74) is 2.23. The zero-order valence-electron chi connectivity index (χ0n) is 22.4. The monoisotopic (exact) mass is 629 g/mol. The molecule has 2 amide bonds. The van der Waals surface area contributed by atoms with Crippen LogP contribution in [0.2, 0.25) is 0 Å². The maximum absolute atomic E-state index is 13.7. The molecule has 1 unspecified atom stereocenters. The Labute approximate surface area is 243 Å². The molecule has 4 rings (SSSR count). The van der Waals surface area contributed by atoms with E-state index in [1.165, 1.54) is 4.31 Å². The molecule has 0 aromatic heterocycles. The minimum atomic E-state index is -3.64. The number of anilines is 1. The van der Waals surface area contributed by atoms with Gasteiger partial charge in [-0.25, -0.2) is 8.42 Å². The number of benzene rings is 3. The molecule has 1 atom stereocenters. The van der Waals surface area contributed by atoms with Gasteiger partial charge in [-0.1, -0.05) is 58.4 Å². The smallest absolute Gasteiger partial charge is 0.242 e. The van der Waals surface area contributed by atoms with Crippen LogP contribution >= 0.6 is 15.9 Å². The number of nitrogens with zero attached hydrogens (tertiary/aromatic N) is 2. The quantitative estimate of drug-likeness (QED) is 0.323. The lowest BCUT2D eigenvalue weighted by molar-refractivity contribution is -0.141. The predicted molar refractivity (Wildman–Crippen MR) is 157 cm³/mol. The van der Waals surface area contributed by atoms with Crippen LogP contribution in [0.1, 0.15) is 24.0 Å². The van der Waals surface area contributed by atoms with Gasteiger partial charge in [0, 0.05) is 43.5 Å². The second-order valence-corrected chi connectivity index (χ2v) is 12.3. The summed E-state index contributed by atoms with van der Waals surface area (Å²) in [6.45, 7) is 0.393. The van der Waals surface area contributed by atoms with E-state index in [-0.39, 0.29) is 44.5 Å². The average Bonchev–Trinajstić information content (AvgIpc) is 3.41. The molecule has 9 nitrogen and oxygen atoms in total. The van der Waals surface area contributed by atoms with Crippen molar-refractivity contribution in [2.24, 2.45) is 0 Å². The van der Waals surface area contributed by atoms with Gasteiger partial charge in [-0.3, -0.25) is 13.9 Å². The van der Waals surface area contributed by atoms with Crippen molar-refractivity contribution < 1.29 is 27.5 Å². The standard InChI is InChI=1S/C29H32BrN3O6S/c1-31-29(35)25(17-21-7-4-3-5-8-21)32(19-22-10-12-23(30)13-11-22)28(34)9-6-16-33(40(2,36)37)24-14-15-26-27(18-24)39-20-38-26/h3-5,7-8,10-15,18,25H,6,9,16-17,19-20H2,1-2H3,(H,31,35). The van der Waals surface area contributed by atoms with Crippen molar-refractivity contribution in [1.82, 2.24) is 10.2 Å². The number of fused-ring (bicyclic) bond motifs is 1. The first-order valence-electron chi connectivity index (χ1n) is 12.8. The van der Waals surface area contributed by atoms with Crippen LogP contribution in [0, 0.1) is 0 Å². The van der Waals surface area contributed by atoms with E-state index in [2.05, 4.69) is 21.2 Å². The molecule has 1 aliphatic heterocycles. The first-order chi connectivity index (χ1) is 19.2. The van der Waals surface area contributed by atoms with Crippen LogP contribution in [0.25, 0.3) is 0 Å². The molecule has 0 saturated heterocycles. The van der Waals surface area contributed by atoms with Crippen molar-refractivity contribution in [3.05, 3.63) is 88.4 Å². The number of nitrogens with one attached hydrogen (secondary N) is 1. The van der Waals surface area contributed by atoms with E-state index in [0.29, 0.717) is 23.6 Å². The van der Waals surface area contributed by atoms with Gasteiger partial charge >= 0.3 is 0 Å². The molecule has 3 aromatic rings.